The summed E-state index contributed by atoms with van der Waals surface area (Å²) in [6.45, 7) is 4.64. The number of nitrogens with zero attached hydrogens (tertiary/aromatic N) is 1. The van der Waals surface area contributed by atoms with Crippen molar-refractivity contribution < 1.29 is 9.13 Å². The van der Waals surface area contributed by atoms with E-state index in [1.807, 2.05) is 12.1 Å². The Bertz CT molecular complexity index is 363. The molecule has 0 aliphatic carbocycles. The highest BCUT2D eigenvalue weighted by Crippen LogP contribution is 2.11. The molecule has 1 heterocycles. The molecule has 1 aromatic carbocycles. The minimum atomic E-state index is -0.176. The summed E-state index contributed by atoms with van der Waals surface area (Å²) in [5.74, 6) is -0.176. The third-order valence-corrected chi connectivity index (χ3v) is 3.57. The van der Waals surface area contributed by atoms with Crippen LogP contribution in [0.4, 0.5) is 4.39 Å². The van der Waals surface area contributed by atoms with Crippen molar-refractivity contribution in [2.75, 3.05) is 33.4 Å². The lowest BCUT2D eigenvalue weighted by molar-refractivity contribution is 0.138. The molecule has 1 saturated heterocycles. The van der Waals surface area contributed by atoms with Crippen LogP contribution in [0.15, 0.2) is 24.3 Å². The van der Waals surface area contributed by atoms with Crippen LogP contribution >= 0.6 is 0 Å². The van der Waals surface area contributed by atoms with Gasteiger partial charge in [0.1, 0.15) is 5.82 Å². The molecule has 1 unspecified atom stereocenters. The summed E-state index contributed by atoms with van der Waals surface area (Å²) in [5, 5.41) is 3.52. The number of benzene rings is 1. The van der Waals surface area contributed by atoms with E-state index >= 15 is 0 Å². The summed E-state index contributed by atoms with van der Waals surface area (Å²) in [5.41, 5.74) is 1.15. The summed E-state index contributed by atoms with van der Waals surface area (Å²) in [4.78, 5) is 2.37. The topological polar surface area (TPSA) is 24.5 Å². The van der Waals surface area contributed by atoms with Gasteiger partial charge in [-0.15, -0.1) is 0 Å². The Kier molecular flexibility index (Phi) is 5.76. The molecule has 3 nitrogen and oxygen atoms in total. The van der Waals surface area contributed by atoms with Crippen LogP contribution in [0.5, 0.6) is 0 Å². The number of hydrogen-bond acceptors (Lipinski definition) is 3. The van der Waals surface area contributed by atoms with Crippen LogP contribution in [0.25, 0.3) is 0 Å². The summed E-state index contributed by atoms with van der Waals surface area (Å²) in [7, 11) is 1.73. The number of hydrogen-bond donors (Lipinski definition) is 1. The molecule has 19 heavy (non-hydrogen) atoms. The zero-order chi connectivity index (χ0) is 13.5. The Balaban J connectivity index is 1.89. The molecule has 106 valence electrons. The zero-order valence-corrected chi connectivity index (χ0v) is 11.6. The van der Waals surface area contributed by atoms with Gasteiger partial charge < -0.3 is 10.1 Å². The van der Waals surface area contributed by atoms with Gasteiger partial charge in [0.15, 0.2) is 0 Å². The fourth-order valence-electron chi connectivity index (χ4n) is 2.53. The first-order chi connectivity index (χ1) is 9.28. The predicted octanol–water partition coefficient (Wildman–Crippen LogP) is 2.03. The van der Waals surface area contributed by atoms with E-state index in [1.165, 1.54) is 25.0 Å². The van der Waals surface area contributed by atoms with Crippen LogP contribution in [0.3, 0.4) is 0 Å². The molecule has 0 saturated carbocycles. The van der Waals surface area contributed by atoms with Gasteiger partial charge in [0.05, 0.1) is 6.61 Å². The van der Waals surface area contributed by atoms with Gasteiger partial charge in [0.2, 0.25) is 0 Å². The zero-order valence-electron chi connectivity index (χ0n) is 11.6. The van der Waals surface area contributed by atoms with Crippen LogP contribution in [0, 0.1) is 5.82 Å². The third kappa shape index (κ3) is 4.90. The van der Waals surface area contributed by atoms with Crippen LogP contribution in [-0.4, -0.2) is 44.3 Å². The molecule has 0 amide bonds. The van der Waals surface area contributed by atoms with Gasteiger partial charge >= 0.3 is 0 Å². The molecule has 0 bridgehead atoms. The van der Waals surface area contributed by atoms with Gasteiger partial charge in [0, 0.05) is 32.8 Å². The first kappa shape index (κ1) is 14.4. The van der Waals surface area contributed by atoms with E-state index in [1.54, 1.807) is 7.11 Å². The predicted molar refractivity (Wildman–Crippen MR) is 74.6 cm³/mol. The van der Waals surface area contributed by atoms with Crippen LogP contribution in [0.2, 0.25) is 0 Å². The Morgan fingerprint density at radius 2 is 2.16 bits per heavy atom. The monoisotopic (exact) mass is 266 g/mol. The molecule has 1 aromatic rings. The molecular formula is C15H23FN2O. The maximum Gasteiger partial charge on any atom is 0.123 e. The smallest absolute Gasteiger partial charge is 0.123 e. The summed E-state index contributed by atoms with van der Waals surface area (Å²) < 4.78 is 18.1. The fraction of sp³-hybridized carbons (Fsp3) is 0.600. The van der Waals surface area contributed by atoms with E-state index < -0.39 is 0 Å². The molecule has 1 aliphatic heterocycles. The Hall–Kier alpha value is -0.970. The van der Waals surface area contributed by atoms with Crippen molar-refractivity contribution in [3.63, 3.8) is 0 Å². The minimum Gasteiger partial charge on any atom is -0.383 e. The molecule has 0 spiro atoms. The largest absolute Gasteiger partial charge is 0.383 e. The average Bonchev–Trinajstić information content (AvgIpc) is 2.91. The highest BCUT2D eigenvalue weighted by Gasteiger charge is 2.17. The molecule has 1 N–H and O–H groups in total. The molecule has 1 fully saturated rings. The quantitative estimate of drug-likeness (QED) is 0.817. The SMILES string of the molecule is COCCN(Cc1ccc(F)cc1)CC1CCCN1. The number of rotatable bonds is 7. The molecule has 1 atom stereocenters. The summed E-state index contributed by atoms with van der Waals surface area (Å²) in [6, 6.07) is 7.35. The van der Waals surface area contributed by atoms with Crippen molar-refractivity contribution in [3.05, 3.63) is 35.6 Å². The van der Waals surface area contributed by atoms with E-state index in [0.717, 1.165) is 38.3 Å². The molecular weight excluding hydrogens is 243 g/mol. The van der Waals surface area contributed by atoms with Crippen molar-refractivity contribution >= 4 is 0 Å². The Morgan fingerprint density at radius 3 is 2.79 bits per heavy atom. The standard InChI is InChI=1S/C15H23FN2O/c1-19-10-9-18(12-15-3-2-8-17-15)11-13-4-6-14(16)7-5-13/h4-7,15,17H,2-3,8-12H2,1H3. The van der Waals surface area contributed by atoms with Crippen LogP contribution < -0.4 is 5.32 Å². The van der Waals surface area contributed by atoms with Crippen molar-refractivity contribution in [3.8, 4) is 0 Å². The number of methoxy groups -OCH3 is 1. The first-order valence-corrected chi connectivity index (χ1v) is 6.97. The van der Waals surface area contributed by atoms with E-state index in [4.69, 9.17) is 4.74 Å². The molecule has 2 rings (SSSR count). The molecule has 1 aliphatic rings. The second-order valence-electron chi connectivity index (χ2n) is 5.15. The first-order valence-electron chi connectivity index (χ1n) is 6.97. The molecule has 0 aromatic heterocycles. The van der Waals surface area contributed by atoms with Gasteiger partial charge in [-0.3, -0.25) is 4.90 Å². The lowest BCUT2D eigenvalue weighted by atomic mass is 10.1. The van der Waals surface area contributed by atoms with Crippen molar-refractivity contribution in [2.24, 2.45) is 0 Å². The average molecular weight is 266 g/mol. The number of ether oxygens (including phenoxy) is 1. The summed E-state index contributed by atoms with van der Waals surface area (Å²) >= 11 is 0. The second kappa shape index (κ2) is 7.58. The third-order valence-electron chi connectivity index (χ3n) is 3.57. The van der Waals surface area contributed by atoms with Crippen LogP contribution in [0.1, 0.15) is 18.4 Å². The van der Waals surface area contributed by atoms with Crippen molar-refractivity contribution in [1.82, 2.24) is 10.2 Å². The minimum absolute atomic E-state index is 0.176. The Morgan fingerprint density at radius 1 is 1.37 bits per heavy atom. The van der Waals surface area contributed by atoms with Gasteiger partial charge in [-0.2, -0.15) is 0 Å². The number of halogens is 1. The molecule has 4 heteroatoms. The van der Waals surface area contributed by atoms with E-state index in [-0.39, 0.29) is 5.82 Å². The summed E-state index contributed by atoms with van der Waals surface area (Å²) in [6.07, 6.45) is 2.51. The number of nitrogens with one attached hydrogen (secondary N) is 1. The van der Waals surface area contributed by atoms with Crippen molar-refractivity contribution in [2.45, 2.75) is 25.4 Å². The highest BCUT2D eigenvalue weighted by molar-refractivity contribution is 5.15. The van der Waals surface area contributed by atoms with E-state index in [9.17, 15) is 4.39 Å². The second-order valence-corrected chi connectivity index (χ2v) is 5.15. The van der Waals surface area contributed by atoms with Gasteiger partial charge in [-0.1, -0.05) is 12.1 Å². The fourth-order valence-corrected chi connectivity index (χ4v) is 2.53. The van der Waals surface area contributed by atoms with E-state index in [2.05, 4.69) is 10.2 Å². The highest BCUT2D eigenvalue weighted by atomic mass is 19.1. The normalized spacial score (nSPS) is 19.2. The lowest BCUT2D eigenvalue weighted by Crippen LogP contribution is -2.38. The van der Waals surface area contributed by atoms with Crippen LogP contribution in [-0.2, 0) is 11.3 Å². The maximum atomic E-state index is 12.9. The molecule has 0 radical (unpaired) electrons. The maximum absolute atomic E-state index is 12.9. The van der Waals surface area contributed by atoms with Gasteiger partial charge in [-0.05, 0) is 37.1 Å². The Labute approximate surface area is 114 Å². The van der Waals surface area contributed by atoms with E-state index in [0.29, 0.717) is 6.04 Å². The van der Waals surface area contributed by atoms with Gasteiger partial charge in [-0.25, -0.2) is 4.39 Å². The lowest BCUT2D eigenvalue weighted by Gasteiger charge is -2.25. The van der Waals surface area contributed by atoms with Gasteiger partial charge in [0.25, 0.3) is 0 Å². The van der Waals surface area contributed by atoms with Crippen molar-refractivity contribution in [1.29, 1.82) is 0 Å².